The lowest BCUT2D eigenvalue weighted by molar-refractivity contribution is -0.154. The SMILES string of the molecule is COC(=O)C1CCN1C(C)CO. The second kappa shape index (κ2) is 3.87. The minimum Gasteiger partial charge on any atom is -0.468 e. The van der Waals surface area contributed by atoms with Crippen LogP contribution in [0.1, 0.15) is 13.3 Å². The number of rotatable bonds is 3. The Bertz CT molecular complexity index is 172. The minimum absolute atomic E-state index is 0.0582. The molecule has 0 saturated carbocycles. The number of aliphatic hydroxyl groups excluding tert-OH is 1. The van der Waals surface area contributed by atoms with Crippen LogP contribution >= 0.6 is 0 Å². The number of hydrogen-bond acceptors (Lipinski definition) is 4. The molecule has 1 heterocycles. The number of methoxy groups -OCH3 is 1. The Hall–Kier alpha value is -0.610. The van der Waals surface area contributed by atoms with Crippen molar-refractivity contribution >= 4 is 5.97 Å². The van der Waals surface area contributed by atoms with Crippen molar-refractivity contribution in [2.24, 2.45) is 0 Å². The van der Waals surface area contributed by atoms with E-state index in [0.29, 0.717) is 0 Å². The molecule has 1 fully saturated rings. The average Bonchev–Trinajstić information content (AvgIpc) is 2.02. The van der Waals surface area contributed by atoms with Crippen molar-refractivity contribution in [3.8, 4) is 0 Å². The second-order valence-corrected chi connectivity index (χ2v) is 3.10. The third-order valence-corrected chi connectivity index (χ3v) is 2.36. The Morgan fingerprint density at radius 3 is 2.83 bits per heavy atom. The zero-order chi connectivity index (χ0) is 9.14. The average molecular weight is 173 g/mol. The van der Waals surface area contributed by atoms with Gasteiger partial charge in [0.2, 0.25) is 0 Å². The summed E-state index contributed by atoms with van der Waals surface area (Å²) in [6, 6.07) is -0.0694. The van der Waals surface area contributed by atoms with Crippen molar-refractivity contribution in [3.63, 3.8) is 0 Å². The molecule has 0 aromatic carbocycles. The van der Waals surface area contributed by atoms with E-state index in [2.05, 4.69) is 4.74 Å². The fraction of sp³-hybridized carbons (Fsp3) is 0.875. The topological polar surface area (TPSA) is 49.8 Å². The predicted molar refractivity (Wildman–Crippen MR) is 43.7 cm³/mol. The van der Waals surface area contributed by atoms with E-state index in [1.807, 2.05) is 11.8 Å². The predicted octanol–water partition coefficient (Wildman–Crippen LogP) is -0.385. The molecule has 70 valence electrons. The van der Waals surface area contributed by atoms with Gasteiger partial charge in [0.05, 0.1) is 13.7 Å². The van der Waals surface area contributed by atoms with E-state index in [9.17, 15) is 4.79 Å². The van der Waals surface area contributed by atoms with E-state index in [1.54, 1.807) is 0 Å². The summed E-state index contributed by atoms with van der Waals surface area (Å²) >= 11 is 0. The fourth-order valence-electron chi connectivity index (χ4n) is 1.43. The number of esters is 1. The number of likely N-dealkylation sites (tertiary alicyclic amines) is 1. The Balaban J connectivity index is 2.43. The summed E-state index contributed by atoms with van der Waals surface area (Å²) in [5.74, 6) is -0.193. The fourth-order valence-corrected chi connectivity index (χ4v) is 1.43. The zero-order valence-corrected chi connectivity index (χ0v) is 7.49. The number of aliphatic hydroxyl groups is 1. The van der Waals surface area contributed by atoms with Crippen LogP contribution in [0, 0.1) is 0 Å². The molecule has 1 aliphatic heterocycles. The van der Waals surface area contributed by atoms with Crippen molar-refractivity contribution < 1.29 is 14.6 Å². The number of carbonyl (C=O) groups excluding carboxylic acids is 1. The van der Waals surface area contributed by atoms with Crippen molar-refractivity contribution in [2.75, 3.05) is 20.3 Å². The maximum absolute atomic E-state index is 11.1. The molecule has 1 aliphatic rings. The molecule has 0 aromatic rings. The Morgan fingerprint density at radius 1 is 1.83 bits per heavy atom. The third kappa shape index (κ3) is 1.59. The Kier molecular flexibility index (Phi) is 3.05. The normalized spacial score (nSPS) is 26.1. The maximum Gasteiger partial charge on any atom is 0.323 e. The van der Waals surface area contributed by atoms with Crippen LogP contribution in [0.3, 0.4) is 0 Å². The molecule has 1 N–H and O–H groups in total. The van der Waals surface area contributed by atoms with Gasteiger partial charge in [-0.3, -0.25) is 9.69 Å². The molecule has 0 amide bonds. The molecule has 1 saturated heterocycles. The lowest BCUT2D eigenvalue weighted by Crippen LogP contribution is -2.57. The van der Waals surface area contributed by atoms with Crippen molar-refractivity contribution in [2.45, 2.75) is 25.4 Å². The smallest absolute Gasteiger partial charge is 0.323 e. The van der Waals surface area contributed by atoms with Crippen LogP contribution in [0.5, 0.6) is 0 Å². The molecular formula is C8H15NO3. The number of ether oxygens (including phenoxy) is 1. The standard InChI is InChI=1S/C8H15NO3/c1-6(5-10)9-4-3-7(9)8(11)12-2/h6-7,10H,3-5H2,1-2H3. The van der Waals surface area contributed by atoms with Gasteiger partial charge in [-0.2, -0.15) is 0 Å². The van der Waals surface area contributed by atoms with Gasteiger partial charge in [0, 0.05) is 12.6 Å². The summed E-state index contributed by atoms with van der Waals surface area (Å²) in [7, 11) is 1.39. The summed E-state index contributed by atoms with van der Waals surface area (Å²) in [6.45, 7) is 2.87. The van der Waals surface area contributed by atoms with Crippen LogP contribution in [0.25, 0.3) is 0 Å². The van der Waals surface area contributed by atoms with Crippen LogP contribution in [-0.2, 0) is 9.53 Å². The Morgan fingerprint density at radius 2 is 2.50 bits per heavy atom. The molecule has 0 radical (unpaired) electrons. The highest BCUT2D eigenvalue weighted by Crippen LogP contribution is 2.21. The molecule has 4 nitrogen and oxygen atoms in total. The molecule has 0 bridgehead atoms. The van der Waals surface area contributed by atoms with Crippen LogP contribution in [-0.4, -0.2) is 48.3 Å². The van der Waals surface area contributed by atoms with Gasteiger partial charge in [-0.15, -0.1) is 0 Å². The van der Waals surface area contributed by atoms with Gasteiger partial charge in [-0.1, -0.05) is 0 Å². The molecule has 2 unspecified atom stereocenters. The van der Waals surface area contributed by atoms with E-state index in [-0.39, 0.29) is 24.7 Å². The minimum atomic E-state index is -0.193. The van der Waals surface area contributed by atoms with Gasteiger partial charge >= 0.3 is 5.97 Å². The molecule has 0 aliphatic carbocycles. The molecular weight excluding hydrogens is 158 g/mol. The highest BCUT2D eigenvalue weighted by molar-refractivity contribution is 5.76. The van der Waals surface area contributed by atoms with Crippen LogP contribution < -0.4 is 0 Å². The first-order valence-electron chi connectivity index (χ1n) is 4.15. The monoisotopic (exact) mass is 173 g/mol. The van der Waals surface area contributed by atoms with Crippen LogP contribution in [0.15, 0.2) is 0 Å². The van der Waals surface area contributed by atoms with Crippen molar-refractivity contribution in [1.29, 1.82) is 0 Å². The van der Waals surface area contributed by atoms with Gasteiger partial charge in [0.1, 0.15) is 6.04 Å². The second-order valence-electron chi connectivity index (χ2n) is 3.10. The highest BCUT2D eigenvalue weighted by atomic mass is 16.5. The third-order valence-electron chi connectivity index (χ3n) is 2.36. The van der Waals surface area contributed by atoms with Crippen molar-refractivity contribution in [1.82, 2.24) is 4.90 Å². The first-order valence-corrected chi connectivity index (χ1v) is 4.15. The van der Waals surface area contributed by atoms with E-state index >= 15 is 0 Å². The molecule has 12 heavy (non-hydrogen) atoms. The van der Waals surface area contributed by atoms with Crippen LogP contribution in [0.4, 0.5) is 0 Å². The number of carbonyl (C=O) groups is 1. The summed E-state index contributed by atoms with van der Waals surface area (Å²) in [4.78, 5) is 13.0. The van der Waals surface area contributed by atoms with E-state index in [0.717, 1.165) is 13.0 Å². The quantitative estimate of drug-likeness (QED) is 0.591. The van der Waals surface area contributed by atoms with Gasteiger partial charge in [0.15, 0.2) is 0 Å². The van der Waals surface area contributed by atoms with E-state index in [1.165, 1.54) is 7.11 Å². The van der Waals surface area contributed by atoms with Gasteiger partial charge < -0.3 is 9.84 Å². The summed E-state index contributed by atoms with van der Waals surface area (Å²) in [6.07, 6.45) is 0.844. The molecule has 1 rings (SSSR count). The van der Waals surface area contributed by atoms with Gasteiger partial charge in [-0.05, 0) is 13.3 Å². The van der Waals surface area contributed by atoms with E-state index in [4.69, 9.17) is 5.11 Å². The molecule has 2 atom stereocenters. The zero-order valence-electron chi connectivity index (χ0n) is 7.49. The summed E-state index contributed by atoms with van der Waals surface area (Å²) < 4.78 is 4.62. The summed E-state index contributed by atoms with van der Waals surface area (Å²) in [5.41, 5.74) is 0. The first kappa shape index (κ1) is 9.48. The van der Waals surface area contributed by atoms with Crippen LogP contribution in [0.2, 0.25) is 0 Å². The summed E-state index contributed by atoms with van der Waals surface area (Å²) in [5, 5.41) is 8.85. The molecule has 4 heteroatoms. The maximum atomic E-state index is 11.1. The number of hydrogen-bond donors (Lipinski definition) is 1. The highest BCUT2D eigenvalue weighted by Gasteiger charge is 2.37. The molecule has 0 spiro atoms. The van der Waals surface area contributed by atoms with Gasteiger partial charge in [0.25, 0.3) is 0 Å². The van der Waals surface area contributed by atoms with Gasteiger partial charge in [-0.25, -0.2) is 0 Å². The van der Waals surface area contributed by atoms with E-state index < -0.39 is 0 Å². The number of nitrogens with zero attached hydrogens (tertiary/aromatic N) is 1. The Labute approximate surface area is 72.1 Å². The molecule has 0 aromatic heterocycles. The van der Waals surface area contributed by atoms with Crippen molar-refractivity contribution in [3.05, 3.63) is 0 Å². The largest absolute Gasteiger partial charge is 0.468 e. The lowest BCUT2D eigenvalue weighted by Gasteiger charge is -2.42. The lowest BCUT2D eigenvalue weighted by atomic mass is 10.0. The first-order chi connectivity index (χ1) is 5.70.